The van der Waals surface area contributed by atoms with Gasteiger partial charge < -0.3 is 15.4 Å². The Morgan fingerprint density at radius 3 is 2.48 bits per heavy atom. The third kappa shape index (κ3) is 6.98. The molecule has 0 aliphatic heterocycles. The van der Waals surface area contributed by atoms with Gasteiger partial charge in [-0.05, 0) is 36.9 Å². The molecule has 0 heterocycles. The van der Waals surface area contributed by atoms with E-state index in [-0.39, 0.29) is 6.03 Å². The first-order valence-corrected chi connectivity index (χ1v) is 8.04. The van der Waals surface area contributed by atoms with E-state index in [1.807, 2.05) is 25.2 Å². The maximum atomic E-state index is 11.8. The van der Waals surface area contributed by atoms with Crippen LogP contribution in [0.5, 0.6) is 5.75 Å². The van der Waals surface area contributed by atoms with Gasteiger partial charge in [0, 0.05) is 12.2 Å². The lowest BCUT2D eigenvalue weighted by Gasteiger charge is -2.12. The fraction of sp³-hybridized carbons (Fsp3) is 0.250. The number of hydrogen-bond donors (Lipinski definition) is 2. The number of hydrogen-bond acceptors (Lipinski definition) is 3. The van der Waals surface area contributed by atoms with Gasteiger partial charge in [-0.15, -0.1) is 0 Å². The second kappa shape index (κ2) is 10.0. The van der Waals surface area contributed by atoms with Crippen LogP contribution in [0.25, 0.3) is 0 Å². The molecular weight excluding hydrogens is 314 g/mol. The molecule has 2 amide bonds. The minimum Gasteiger partial charge on any atom is -0.497 e. The number of amides is 2. The lowest BCUT2D eigenvalue weighted by atomic mass is 10.2. The van der Waals surface area contributed by atoms with Crippen LogP contribution in [0.4, 0.5) is 10.5 Å². The summed E-state index contributed by atoms with van der Waals surface area (Å²) in [6, 6.07) is 17.1. The predicted molar refractivity (Wildman–Crippen MR) is 101 cm³/mol. The van der Waals surface area contributed by atoms with Crippen molar-refractivity contribution in [3.8, 4) is 17.6 Å². The summed E-state index contributed by atoms with van der Waals surface area (Å²) in [6.07, 6.45) is 0. The van der Waals surface area contributed by atoms with Gasteiger partial charge in [0.25, 0.3) is 0 Å². The van der Waals surface area contributed by atoms with Crippen molar-refractivity contribution >= 4 is 11.7 Å². The minimum absolute atomic E-state index is 0.280. The second-order valence-corrected chi connectivity index (χ2v) is 5.55. The maximum absolute atomic E-state index is 11.8. The third-order valence-corrected chi connectivity index (χ3v) is 3.45. The molecule has 0 aromatic heterocycles. The normalized spacial score (nSPS) is 9.88. The Bertz CT molecular complexity index is 718. The number of ether oxygens (including phenoxy) is 1. The minimum atomic E-state index is -0.280. The van der Waals surface area contributed by atoms with Crippen molar-refractivity contribution in [2.75, 3.05) is 32.6 Å². The largest absolute Gasteiger partial charge is 0.497 e. The third-order valence-electron chi connectivity index (χ3n) is 3.45. The standard InChI is InChI=1S/C20H23N3O2/c1-23(16-17-8-4-3-5-9-17)15-7-6-14-21-20(24)22-18-10-12-19(25-2)13-11-18/h3-5,8-13H,14-16H2,1-2H3,(H2,21,22,24). The van der Waals surface area contributed by atoms with Crippen LogP contribution in [0.15, 0.2) is 54.6 Å². The quantitative estimate of drug-likeness (QED) is 0.797. The number of nitrogens with one attached hydrogen (secondary N) is 2. The summed E-state index contributed by atoms with van der Waals surface area (Å²) in [5.74, 6) is 6.76. The summed E-state index contributed by atoms with van der Waals surface area (Å²) in [5.41, 5.74) is 1.96. The molecule has 0 saturated carbocycles. The summed E-state index contributed by atoms with van der Waals surface area (Å²) < 4.78 is 5.07. The van der Waals surface area contributed by atoms with E-state index in [9.17, 15) is 4.79 Å². The number of anilines is 1. The average Bonchev–Trinajstić information content (AvgIpc) is 2.63. The molecule has 5 nitrogen and oxygen atoms in total. The summed E-state index contributed by atoms with van der Waals surface area (Å²) in [4.78, 5) is 13.9. The van der Waals surface area contributed by atoms with Gasteiger partial charge in [-0.3, -0.25) is 4.90 Å². The Labute approximate surface area is 149 Å². The number of urea groups is 1. The van der Waals surface area contributed by atoms with Gasteiger partial charge in [0.1, 0.15) is 5.75 Å². The molecule has 0 radical (unpaired) electrons. The Balaban J connectivity index is 1.66. The average molecular weight is 337 g/mol. The van der Waals surface area contributed by atoms with Gasteiger partial charge in [0.2, 0.25) is 0 Å². The van der Waals surface area contributed by atoms with Gasteiger partial charge in [-0.25, -0.2) is 4.79 Å². The molecule has 0 saturated heterocycles. The van der Waals surface area contributed by atoms with E-state index in [1.165, 1.54) is 5.56 Å². The van der Waals surface area contributed by atoms with E-state index >= 15 is 0 Å². The van der Waals surface area contributed by atoms with E-state index in [0.29, 0.717) is 18.8 Å². The highest BCUT2D eigenvalue weighted by Gasteiger charge is 2.00. The van der Waals surface area contributed by atoms with Crippen LogP contribution >= 0.6 is 0 Å². The fourth-order valence-corrected chi connectivity index (χ4v) is 2.18. The molecule has 0 fully saturated rings. The summed E-state index contributed by atoms with van der Waals surface area (Å²) >= 11 is 0. The van der Waals surface area contributed by atoms with Crippen LogP contribution in [0.2, 0.25) is 0 Å². The number of carbonyl (C=O) groups excluding carboxylic acids is 1. The van der Waals surface area contributed by atoms with Gasteiger partial charge >= 0.3 is 6.03 Å². The highest BCUT2D eigenvalue weighted by atomic mass is 16.5. The second-order valence-electron chi connectivity index (χ2n) is 5.55. The molecule has 5 heteroatoms. The van der Waals surface area contributed by atoms with Crippen LogP contribution in [0, 0.1) is 11.8 Å². The monoisotopic (exact) mass is 337 g/mol. The number of carbonyl (C=O) groups is 1. The fourth-order valence-electron chi connectivity index (χ4n) is 2.18. The zero-order valence-corrected chi connectivity index (χ0v) is 14.6. The number of methoxy groups -OCH3 is 1. The van der Waals surface area contributed by atoms with E-state index in [4.69, 9.17) is 4.74 Å². The molecule has 0 aliphatic carbocycles. The molecule has 2 N–H and O–H groups in total. The summed E-state index contributed by atoms with van der Waals surface area (Å²) in [7, 11) is 3.62. The van der Waals surface area contributed by atoms with Crippen molar-refractivity contribution in [1.82, 2.24) is 10.2 Å². The maximum Gasteiger partial charge on any atom is 0.319 e. The zero-order valence-electron chi connectivity index (χ0n) is 14.6. The molecular formula is C20H23N3O2. The molecule has 2 rings (SSSR count). The van der Waals surface area contributed by atoms with Crippen molar-refractivity contribution < 1.29 is 9.53 Å². The molecule has 2 aromatic carbocycles. The van der Waals surface area contributed by atoms with E-state index in [0.717, 1.165) is 12.3 Å². The molecule has 0 spiro atoms. The van der Waals surface area contributed by atoms with Crippen molar-refractivity contribution in [1.29, 1.82) is 0 Å². The molecule has 130 valence electrons. The number of rotatable bonds is 6. The highest BCUT2D eigenvalue weighted by Crippen LogP contribution is 2.14. The van der Waals surface area contributed by atoms with Gasteiger partial charge in [0.15, 0.2) is 0 Å². The first-order valence-electron chi connectivity index (χ1n) is 8.04. The van der Waals surface area contributed by atoms with Gasteiger partial charge in [-0.1, -0.05) is 42.2 Å². The topological polar surface area (TPSA) is 53.6 Å². The van der Waals surface area contributed by atoms with E-state index < -0.39 is 0 Å². The molecule has 25 heavy (non-hydrogen) atoms. The number of benzene rings is 2. The lowest BCUT2D eigenvalue weighted by Crippen LogP contribution is -2.29. The van der Waals surface area contributed by atoms with Gasteiger partial charge in [0.05, 0.1) is 20.2 Å². The Hall–Kier alpha value is -2.97. The van der Waals surface area contributed by atoms with Crippen LogP contribution < -0.4 is 15.4 Å². The summed E-state index contributed by atoms with van der Waals surface area (Å²) in [6.45, 7) is 1.80. The van der Waals surface area contributed by atoms with Crippen molar-refractivity contribution in [2.24, 2.45) is 0 Å². The Morgan fingerprint density at radius 1 is 1.08 bits per heavy atom. The van der Waals surface area contributed by atoms with Crippen LogP contribution in [0.3, 0.4) is 0 Å². The first kappa shape index (κ1) is 18.4. The smallest absolute Gasteiger partial charge is 0.319 e. The van der Waals surface area contributed by atoms with Gasteiger partial charge in [-0.2, -0.15) is 0 Å². The van der Waals surface area contributed by atoms with Crippen LogP contribution in [-0.2, 0) is 6.54 Å². The SMILES string of the molecule is COc1ccc(NC(=O)NCC#CCN(C)Cc2ccccc2)cc1. The van der Waals surface area contributed by atoms with E-state index in [2.05, 4.69) is 39.5 Å². The predicted octanol–water partition coefficient (Wildman–Crippen LogP) is 2.95. The van der Waals surface area contributed by atoms with Crippen LogP contribution in [0.1, 0.15) is 5.56 Å². The van der Waals surface area contributed by atoms with Crippen molar-refractivity contribution in [2.45, 2.75) is 6.54 Å². The van der Waals surface area contributed by atoms with E-state index in [1.54, 1.807) is 31.4 Å². The molecule has 0 atom stereocenters. The molecule has 0 aliphatic rings. The molecule has 0 unspecified atom stereocenters. The Kier molecular flexibility index (Phi) is 7.36. The summed E-state index contributed by atoms with van der Waals surface area (Å²) in [5, 5.41) is 5.45. The highest BCUT2D eigenvalue weighted by molar-refractivity contribution is 5.89. The molecule has 2 aromatic rings. The van der Waals surface area contributed by atoms with Crippen molar-refractivity contribution in [3.63, 3.8) is 0 Å². The molecule has 0 bridgehead atoms. The number of nitrogens with zero attached hydrogens (tertiary/aromatic N) is 1. The zero-order chi connectivity index (χ0) is 17.9. The first-order chi connectivity index (χ1) is 12.2. The van der Waals surface area contributed by atoms with Crippen molar-refractivity contribution in [3.05, 3.63) is 60.2 Å². The lowest BCUT2D eigenvalue weighted by molar-refractivity contribution is 0.253. The Morgan fingerprint density at radius 2 is 1.80 bits per heavy atom. The van der Waals surface area contributed by atoms with Crippen LogP contribution in [-0.4, -0.2) is 38.2 Å².